The largest absolute Gasteiger partial charge is 0.302 e. The summed E-state index contributed by atoms with van der Waals surface area (Å²) < 4.78 is 0. The van der Waals surface area contributed by atoms with Crippen LogP contribution < -0.4 is 0 Å². The van der Waals surface area contributed by atoms with Crippen LogP contribution in [0.1, 0.15) is 36.8 Å². The van der Waals surface area contributed by atoms with E-state index >= 15 is 0 Å². The average molecular weight is 268 g/mol. The fourth-order valence-corrected chi connectivity index (χ4v) is 2.80. The summed E-state index contributed by atoms with van der Waals surface area (Å²) in [4.78, 5) is 4.98. The third-order valence-corrected chi connectivity index (χ3v) is 4.11. The Hall–Kier alpha value is -1.30. The van der Waals surface area contributed by atoms with Crippen molar-refractivity contribution in [3.8, 4) is 11.8 Å². The Bertz CT molecular complexity index is 488. The number of rotatable bonds is 4. The molecule has 0 radical (unpaired) electrons. The molecule has 0 bridgehead atoms. The van der Waals surface area contributed by atoms with Crippen molar-refractivity contribution in [1.29, 1.82) is 0 Å². The Morgan fingerprint density at radius 3 is 2.60 bits per heavy atom. The number of benzene rings is 1. The molecule has 2 saturated heterocycles. The number of hydrogen-bond donors (Lipinski definition) is 0. The summed E-state index contributed by atoms with van der Waals surface area (Å²) in [6, 6.07) is 8.70. The summed E-state index contributed by atoms with van der Waals surface area (Å²) in [5.41, 5.74) is 2.56. The van der Waals surface area contributed by atoms with Gasteiger partial charge in [0, 0.05) is 38.2 Å². The number of likely N-dealkylation sites (tertiary alicyclic amines) is 1. The van der Waals surface area contributed by atoms with Crippen molar-refractivity contribution < 1.29 is 0 Å². The zero-order chi connectivity index (χ0) is 13.6. The predicted octanol–water partition coefficient (Wildman–Crippen LogP) is 2.73. The van der Waals surface area contributed by atoms with Crippen LogP contribution >= 0.6 is 0 Å². The van der Waals surface area contributed by atoms with E-state index in [1.54, 1.807) is 0 Å². The van der Waals surface area contributed by atoms with E-state index in [0.717, 1.165) is 19.5 Å². The quantitative estimate of drug-likeness (QED) is 0.612. The van der Waals surface area contributed by atoms with E-state index in [1.807, 2.05) is 0 Å². The Morgan fingerprint density at radius 2 is 1.80 bits per heavy atom. The van der Waals surface area contributed by atoms with Crippen molar-refractivity contribution in [2.24, 2.45) is 0 Å². The number of piperidine rings is 1. The van der Waals surface area contributed by atoms with E-state index in [4.69, 9.17) is 0 Å². The second kappa shape index (κ2) is 6.92. The second-order valence-corrected chi connectivity index (χ2v) is 5.93. The molecule has 20 heavy (non-hydrogen) atoms. The van der Waals surface area contributed by atoms with Crippen molar-refractivity contribution in [2.45, 2.75) is 32.2 Å². The van der Waals surface area contributed by atoms with Gasteiger partial charge in [-0.1, -0.05) is 30.4 Å². The lowest BCUT2D eigenvalue weighted by Gasteiger charge is -2.25. The van der Waals surface area contributed by atoms with Crippen molar-refractivity contribution in [3.05, 3.63) is 35.4 Å². The molecule has 2 fully saturated rings. The van der Waals surface area contributed by atoms with E-state index in [9.17, 15) is 0 Å². The van der Waals surface area contributed by atoms with Gasteiger partial charge in [-0.15, -0.1) is 0 Å². The zero-order valence-corrected chi connectivity index (χ0v) is 12.3. The monoisotopic (exact) mass is 268 g/mol. The molecular weight excluding hydrogens is 244 g/mol. The Morgan fingerprint density at radius 1 is 0.950 bits per heavy atom. The Labute approximate surface area is 122 Å². The smallest absolute Gasteiger partial charge is 0.0248 e. The second-order valence-electron chi connectivity index (χ2n) is 5.93. The van der Waals surface area contributed by atoms with Crippen LogP contribution in [-0.2, 0) is 6.54 Å². The number of nitrogens with zero attached hydrogens (tertiary/aromatic N) is 2. The third-order valence-electron chi connectivity index (χ3n) is 4.11. The van der Waals surface area contributed by atoms with Crippen LogP contribution in [0.25, 0.3) is 0 Å². The minimum atomic E-state index is 0.996. The Balaban J connectivity index is 1.48. The highest BCUT2D eigenvalue weighted by Gasteiger charge is 2.16. The molecule has 1 aromatic carbocycles. The van der Waals surface area contributed by atoms with Gasteiger partial charge in [0.05, 0.1) is 0 Å². The molecule has 0 amide bonds. The summed E-state index contributed by atoms with van der Waals surface area (Å²) in [6.45, 7) is 7.28. The van der Waals surface area contributed by atoms with Gasteiger partial charge in [0.1, 0.15) is 0 Å². The highest BCUT2D eigenvalue weighted by molar-refractivity contribution is 5.37. The molecule has 1 aromatic rings. The molecule has 2 nitrogen and oxygen atoms in total. The highest BCUT2D eigenvalue weighted by Crippen LogP contribution is 2.13. The van der Waals surface area contributed by atoms with Crippen LogP contribution in [0, 0.1) is 11.8 Å². The van der Waals surface area contributed by atoms with Crippen molar-refractivity contribution in [1.82, 2.24) is 9.80 Å². The molecule has 2 heterocycles. The van der Waals surface area contributed by atoms with Crippen LogP contribution in [0.2, 0.25) is 0 Å². The summed E-state index contributed by atoms with van der Waals surface area (Å²) in [5, 5.41) is 0. The van der Waals surface area contributed by atoms with Crippen molar-refractivity contribution in [3.63, 3.8) is 0 Å². The molecule has 2 heteroatoms. The van der Waals surface area contributed by atoms with Crippen LogP contribution in [0.4, 0.5) is 0 Å². The summed E-state index contributed by atoms with van der Waals surface area (Å²) in [7, 11) is 0. The molecule has 0 aliphatic carbocycles. The average Bonchev–Trinajstić information content (AvgIpc) is 3.29. The lowest BCUT2D eigenvalue weighted by atomic mass is 10.1. The molecule has 0 atom stereocenters. The highest BCUT2D eigenvalue weighted by atomic mass is 15.2. The van der Waals surface area contributed by atoms with Gasteiger partial charge >= 0.3 is 0 Å². The predicted molar refractivity (Wildman–Crippen MR) is 83.5 cm³/mol. The minimum Gasteiger partial charge on any atom is -0.302 e. The van der Waals surface area contributed by atoms with Gasteiger partial charge in [0.2, 0.25) is 0 Å². The fraction of sp³-hybridized carbons (Fsp3) is 0.556. The fourth-order valence-electron chi connectivity index (χ4n) is 2.80. The Kier molecular flexibility index (Phi) is 4.73. The number of hydrogen-bond acceptors (Lipinski definition) is 2. The van der Waals surface area contributed by atoms with Gasteiger partial charge < -0.3 is 4.90 Å². The van der Waals surface area contributed by atoms with Gasteiger partial charge in [-0.3, -0.25) is 4.90 Å². The molecule has 3 rings (SSSR count). The molecule has 2 aliphatic heterocycles. The molecule has 2 aliphatic rings. The van der Waals surface area contributed by atoms with Crippen LogP contribution in [0.15, 0.2) is 24.3 Å². The molecule has 0 aromatic heterocycles. The van der Waals surface area contributed by atoms with E-state index < -0.39 is 0 Å². The molecular formula is C18H24N2. The summed E-state index contributed by atoms with van der Waals surface area (Å²) >= 11 is 0. The van der Waals surface area contributed by atoms with Crippen molar-refractivity contribution >= 4 is 0 Å². The van der Waals surface area contributed by atoms with Gasteiger partial charge in [-0.25, -0.2) is 0 Å². The molecule has 106 valence electrons. The molecule has 0 N–H and O–H groups in total. The van der Waals surface area contributed by atoms with Gasteiger partial charge in [-0.05, 0) is 43.6 Å². The maximum Gasteiger partial charge on any atom is 0.0248 e. The molecule has 0 unspecified atom stereocenters. The van der Waals surface area contributed by atoms with Gasteiger partial charge in [0.15, 0.2) is 0 Å². The van der Waals surface area contributed by atoms with Crippen LogP contribution in [0.3, 0.4) is 0 Å². The summed E-state index contributed by atoms with van der Waals surface area (Å²) in [6.07, 6.45) is 5.14. The van der Waals surface area contributed by atoms with E-state index in [2.05, 4.69) is 45.9 Å². The zero-order valence-electron chi connectivity index (χ0n) is 12.3. The lowest BCUT2D eigenvalue weighted by molar-refractivity contribution is 0.234. The first-order chi connectivity index (χ1) is 9.90. The van der Waals surface area contributed by atoms with E-state index in [-0.39, 0.29) is 0 Å². The SMILES string of the molecule is C(#Cc1cccc(CN2CC2)c1)CCN1CCCCC1. The van der Waals surface area contributed by atoms with E-state index in [0.29, 0.717) is 0 Å². The minimum absolute atomic E-state index is 0.996. The maximum atomic E-state index is 3.34. The van der Waals surface area contributed by atoms with Crippen LogP contribution in [0.5, 0.6) is 0 Å². The maximum absolute atomic E-state index is 3.34. The topological polar surface area (TPSA) is 6.25 Å². The van der Waals surface area contributed by atoms with Gasteiger partial charge in [0.25, 0.3) is 0 Å². The summed E-state index contributed by atoms with van der Waals surface area (Å²) in [5.74, 6) is 6.66. The normalized spacial score (nSPS) is 19.4. The van der Waals surface area contributed by atoms with Crippen molar-refractivity contribution in [2.75, 3.05) is 32.7 Å². The molecule has 0 spiro atoms. The third kappa shape index (κ3) is 4.37. The molecule has 0 saturated carbocycles. The lowest BCUT2D eigenvalue weighted by Crippen LogP contribution is -2.30. The standard InChI is InChI=1S/C18H24N2/c1-3-10-19(11-4-1)12-5-2-7-17-8-6-9-18(15-17)16-20-13-14-20/h6,8-9,15H,1,3-5,10-14,16H2. The first-order valence-electron chi connectivity index (χ1n) is 7.93. The first kappa shape index (κ1) is 13.7. The van der Waals surface area contributed by atoms with Crippen LogP contribution in [-0.4, -0.2) is 42.5 Å². The van der Waals surface area contributed by atoms with Gasteiger partial charge in [-0.2, -0.15) is 0 Å². The van der Waals surface area contributed by atoms with E-state index in [1.165, 1.54) is 56.6 Å². The first-order valence-corrected chi connectivity index (χ1v) is 7.93.